The molecule has 7 heteroatoms. The number of thiazole rings is 1. The van der Waals surface area contributed by atoms with Crippen LogP contribution in [0.3, 0.4) is 0 Å². The van der Waals surface area contributed by atoms with E-state index in [2.05, 4.69) is 15.6 Å². The molecule has 2 amide bonds. The largest absolute Gasteiger partial charge is 0.481 e. The molecule has 0 aliphatic heterocycles. The molecule has 1 heterocycles. The van der Waals surface area contributed by atoms with Gasteiger partial charge in [0.1, 0.15) is 0 Å². The summed E-state index contributed by atoms with van der Waals surface area (Å²) in [6.07, 6.45) is 2.34. The normalized spacial score (nSPS) is 16.7. The van der Waals surface area contributed by atoms with Crippen LogP contribution in [0.15, 0.2) is 5.38 Å². The van der Waals surface area contributed by atoms with Gasteiger partial charge in [-0.2, -0.15) is 0 Å². The van der Waals surface area contributed by atoms with E-state index in [0.29, 0.717) is 18.0 Å². The minimum atomic E-state index is -0.889. The zero-order valence-electron chi connectivity index (χ0n) is 10.0. The Balaban J connectivity index is 1.91. The summed E-state index contributed by atoms with van der Waals surface area (Å²) < 4.78 is 0. The number of aliphatic carboxylic acids is 1. The van der Waals surface area contributed by atoms with Crippen LogP contribution in [-0.4, -0.2) is 27.6 Å². The number of amides is 2. The summed E-state index contributed by atoms with van der Waals surface area (Å²) in [6.45, 7) is 1.84. The number of rotatable bonds is 4. The highest BCUT2D eigenvalue weighted by molar-refractivity contribution is 7.13. The third-order valence-electron chi connectivity index (χ3n) is 3.02. The average Bonchev–Trinajstić information content (AvgIpc) is 2.59. The van der Waals surface area contributed by atoms with Crippen molar-refractivity contribution < 1.29 is 14.7 Å². The van der Waals surface area contributed by atoms with E-state index >= 15 is 0 Å². The van der Waals surface area contributed by atoms with E-state index in [0.717, 1.165) is 12.1 Å². The Hall–Kier alpha value is -1.63. The molecule has 1 aromatic rings. The molecule has 98 valence electrons. The van der Waals surface area contributed by atoms with Gasteiger partial charge in [-0.15, -0.1) is 11.3 Å². The van der Waals surface area contributed by atoms with Crippen molar-refractivity contribution in [3.8, 4) is 0 Å². The van der Waals surface area contributed by atoms with Crippen molar-refractivity contribution in [2.75, 3.05) is 5.32 Å². The highest BCUT2D eigenvalue weighted by Crippen LogP contribution is 2.35. The fourth-order valence-electron chi connectivity index (χ4n) is 2.02. The van der Waals surface area contributed by atoms with Crippen LogP contribution in [-0.2, 0) is 4.79 Å². The summed E-state index contributed by atoms with van der Waals surface area (Å²) in [5, 5.41) is 16.6. The molecule has 0 bridgehead atoms. The molecule has 0 unspecified atom stereocenters. The van der Waals surface area contributed by atoms with Gasteiger partial charge in [0.2, 0.25) is 0 Å². The van der Waals surface area contributed by atoms with Gasteiger partial charge in [0.05, 0.1) is 17.7 Å². The molecule has 0 atom stereocenters. The van der Waals surface area contributed by atoms with E-state index in [1.165, 1.54) is 11.3 Å². The summed E-state index contributed by atoms with van der Waals surface area (Å²) in [4.78, 5) is 26.6. The average molecular weight is 269 g/mol. The first-order chi connectivity index (χ1) is 8.49. The fourth-order valence-corrected chi connectivity index (χ4v) is 2.70. The van der Waals surface area contributed by atoms with Gasteiger partial charge >= 0.3 is 12.0 Å². The molecule has 1 aromatic heterocycles. The number of aryl methyl sites for hydroxylation is 1. The number of anilines is 1. The summed E-state index contributed by atoms with van der Waals surface area (Å²) in [6, 6.07) is -0.384. The maximum atomic E-state index is 11.8. The standard InChI is InChI=1S/C11H15N3O3S/c1-7-6-18-10(12-7)13-9(17)14-11(3-2-4-11)5-8(15)16/h6H,2-5H2,1H3,(H,15,16)(H2,12,13,14,17). The molecule has 1 fully saturated rings. The van der Waals surface area contributed by atoms with E-state index in [9.17, 15) is 9.59 Å². The van der Waals surface area contributed by atoms with Crippen molar-refractivity contribution in [1.82, 2.24) is 10.3 Å². The van der Waals surface area contributed by atoms with Crippen LogP contribution < -0.4 is 10.6 Å². The molecular weight excluding hydrogens is 254 g/mol. The first kappa shape index (κ1) is 12.8. The van der Waals surface area contributed by atoms with Crippen molar-refractivity contribution in [1.29, 1.82) is 0 Å². The molecular formula is C11H15N3O3S. The highest BCUT2D eigenvalue weighted by Gasteiger charge is 2.40. The number of carboxylic acid groups (broad SMARTS) is 1. The number of carbonyl (C=O) groups is 2. The first-order valence-electron chi connectivity index (χ1n) is 5.72. The minimum absolute atomic E-state index is 0.0304. The number of aromatic nitrogens is 1. The number of hydrogen-bond donors (Lipinski definition) is 3. The van der Waals surface area contributed by atoms with Crippen LogP contribution in [0, 0.1) is 6.92 Å². The van der Waals surface area contributed by atoms with E-state index in [-0.39, 0.29) is 12.5 Å². The summed E-state index contributed by atoms with van der Waals surface area (Å²) >= 11 is 1.34. The predicted octanol–water partition coefficient (Wildman–Crippen LogP) is 1.97. The Morgan fingerprint density at radius 3 is 2.72 bits per heavy atom. The lowest BCUT2D eigenvalue weighted by Crippen LogP contribution is -2.55. The van der Waals surface area contributed by atoms with Gasteiger partial charge < -0.3 is 10.4 Å². The Morgan fingerprint density at radius 1 is 1.56 bits per heavy atom. The first-order valence-corrected chi connectivity index (χ1v) is 6.60. The highest BCUT2D eigenvalue weighted by atomic mass is 32.1. The monoisotopic (exact) mass is 269 g/mol. The predicted molar refractivity (Wildman–Crippen MR) is 67.8 cm³/mol. The third-order valence-corrected chi connectivity index (χ3v) is 3.89. The summed E-state index contributed by atoms with van der Waals surface area (Å²) in [5.41, 5.74) is 0.265. The lowest BCUT2D eigenvalue weighted by Gasteiger charge is -2.41. The number of nitrogens with zero attached hydrogens (tertiary/aromatic N) is 1. The SMILES string of the molecule is Cc1csc(NC(=O)NC2(CC(=O)O)CCC2)n1. The molecule has 1 saturated carbocycles. The Bertz CT molecular complexity index is 468. The van der Waals surface area contributed by atoms with E-state index in [1.54, 1.807) is 0 Å². The second-order valence-corrected chi connectivity index (χ2v) is 5.44. The van der Waals surface area contributed by atoms with Gasteiger partial charge in [-0.1, -0.05) is 0 Å². The Labute approximate surface area is 108 Å². The number of urea groups is 1. The molecule has 2 rings (SSSR count). The Morgan fingerprint density at radius 2 is 2.28 bits per heavy atom. The number of carbonyl (C=O) groups excluding carboxylic acids is 1. The molecule has 0 aromatic carbocycles. The van der Waals surface area contributed by atoms with Crippen molar-refractivity contribution >= 4 is 28.5 Å². The molecule has 18 heavy (non-hydrogen) atoms. The fraction of sp³-hybridized carbons (Fsp3) is 0.545. The maximum absolute atomic E-state index is 11.8. The zero-order chi connectivity index (χ0) is 13.2. The van der Waals surface area contributed by atoms with Crippen molar-refractivity contribution in [3.05, 3.63) is 11.1 Å². The number of carboxylic acids is 1. The molecule has 3 N–H and O–H groups in total. The second-order valence-electron chi connectivity index (χ2n) is 4.58. The van der Waals surface area contributed by atoms with Crippen molar-refractivity contribution in [3.63, 3.8) is 0 Å². The number of nitrogens with one attached hydrogen (secondary N) is 2. The number of hydrogen-bond acceptors (Lipinski definition) is 4. The third kappa shape index (κ3) is 2.98. The molecule has 1 aliphatic carbocycles. The molecule has 0 radical (unpaired) electrons. The van der Waals surface area contributed by atoms with Crippen LogP contribution in [0.4, 0.5) is 9.93 Å². The van der Waals surface area contributed by atoms with E-state index in [4.69, 9.17) is 5.11 Å². The van der Waals surface area contributed by atoms with Gasteiger partial charge in [-0.05, 0) is 26.2 Å². The topological polar surface area (TPSA) is 91.3 Å². The van der Waals surface area contributed by atoms with Gasteiger partial charge in [0.25, 0.3) is 0 Å². The van der Waals surface area contributed by atoms with Gasteiger partial charge in [-0.25, -0.2) is 9.78 Å². The molecule has 6 nitrogen and oxygen atoms in total. The zero-order valence-corrected chi connectivity index (χ0v) is 10.8. The van der Waals surface area contributed by atoms with Crippen LogP contribution in [0.1, 0.15) is 31.4 Å². The van der Waals surface area contributed by atoms with E-state index in [1.807, 2.05) is 12.3 Å². The van der Waals surface area contributed by atoms with E-state index < -0.39 is 11.5 Å². The second kappa shape index (κ2) is 4.93. The lowest BCUT2D eigenvalue weighted by atomic mass is 9.74. The van der Waals surface area contributed by atoms with Crippen molar-refractivity contribution in [2.24, 2.45) is 0 Å². The van der Waals surface area contributed by atoms with Gasteiger partial charge in [0, 0.05) is 5.38 Å². The Kier molecular flexibility index (Phi) is 3.51. The van der Waals surface area contributed by atoms with Gasteiger partial charge in [-0.3, -0.25) is 10.1 Å². The molecule has 1 aliphatic rings. The smallest absolute Gasteiger partial charge is 0.321 e. The summed E-state index contributed by atoms with van der Waals surface area (Å²) in [5.74, 6) is -0.889. The molecule has 0 spiro atoms. The quantitative estimate of drug-likeness (QED) is 0.779. The summed E-state index contributed by atoms with van der Waals surface area (Å²) in [7, 11) is 0. The van der Waals surface area contributed by atoms with Gasteiger partial charge in [0.15, 0.2) is 5.13 Å². The lowest BCUT2D eigenvalue weighted by molar-refractivity contribution is -0.139. The van der Waals surface area contributed by atoms with Crippen LogP contribution >= 0.6 is 11.3 Å². The molecule has 0 saturated heterocycles. The van der Waals surface area contributed by atoms with Crippen LogP contribution in [0.5, 0.6) is 0 Å². The van der Waals surface area contributed by atoms with Crippen LogP contribution in [0.25, 0.3) is 0 Å². The minimum Gasteiger partial charge on any atom is -0.481 e. The van der Waals surface area contributed by atoms with Crippen molar-refractivity contribution in [2.45, 2.75) is 38.1 Å². The van der Waals surface area contributed by atoms with Crippen LogP contribution in [0.2, 0.25) is 0 Å². The maximum Gasteiger partial charge on any atom is 0.321 e.